The molecule has 1 aromatic rings. The number of hydrogen-bond acceptors (Lipinski definition) is 4. The van der Waals surface area contributed by atoms with Gasteiger partial charge in [0.05, 0.1) is 18.0 Å². The quantitative estimate of drug-likeness (QED) is 0.481. The first-order valence-corrected chi connectivity index (χ1v) is 4.00. The molecule has 0 unspecified atom stereocenters. The maximum Gasteiger partial charge on any atom is 0.148 e. The second-order valence-corrected chi connectivity index (χ2v) is 2.72. The molecular weight excluding hydrogens is 185 g/mol. The van der Waals surface area contributed by atoms with Gasteiger partial charge in [0.25, 0.3) is 0 Å². The van der Waals surface area contributed by atoms with Gasteiger partial charge in [-0.2, -0.15) is 0 Å². The van der Waals surface area contributed by atoms with Gasteiger partial charge in [0.1, 0.15) is 5.82 Å². The summed E-state index contributed by atoms with van der Waals surface area (Å²) in [5, 5.41) is 9.66. The molecule has 0 atom stereocenters. The molecule has 0 saturated carbocycles. The van der Waals surface area contributed by atoms with Crippen LogP contribution in [0.25, 0.3) is 0 Å². The molecule has 0 bridgehead atoms. The van der Waals surface area contributed by atoms with Crippen LogP contribution in [-0.4, -0.2) is 11.7 Å². The van der Waals surface area contributed by atoms with Crippen molar-refractivity contribution >= 4 is 5.69 Å². The van der Waals surface area contributed by atoms with E-state index in [0.717, 1.165) is 5.01 Å². The molecule has 0 aliphatic rings. The van der Waals surface area contributed by atoms with Crippen LogP contribution in [0.5, 0.6) is 0 Å². The third-order valence-corrected chi connectivity index (χ3v) is 1.62. The zero-order valence-electron chi connectivity index (χ0n) is 7.52. The van der Waals surface area contributed by atoms with E-state index in [9.17, 15) is 4.39 Å². The van der Waals surface area contributed by atoms with Gasteiger partial charge in [-0.1, -0.05) is 12.1 Å². The highest BCUT2D eigenvalue weighted by Gasteiger charge is 2.04. The molecule has 14 heavy (non-hydrogen) atoms. The summed E-state index contributed by atoms with van der Waals surface area (Å²) in [6, 6.07) is 6.02. The summed E-state index contributed by atoms with van der Waals surface area (Å²) in [4.78, 5) is 0. The molecule has 0 saturated heterocycles. The molecule has 76 valence electrons. The van der Waals surface area contributed by atoms with Gasteiger partial charge >= 0.3 is 0 Å². The Morgan fingerprint density at radius 2 is 2.14 bits per heavy atom. The van der Waals surface area contributed by atoms with Gasteiger partial charge in [0, 0.05) is 6.20 Å². The Morgan fingerprint density at radius 1 is 1.50 bits per heavy atom. The number of nitrogens with zero attached hydrogens (tertiary/aromatic N) is 1. The lowest BCUT2D eigenvalue weighted by Gasteiger charge is -2.14. The topological polar surface area (TPSA) is 75.5 Å². The molecule has 0 fully saturated rings. The lowest BCUT2D eigenvalue weighted by Crippen LogP contribution is -2.27. The lowest BCUT2D eigenvalue weighted by molar-refractivity contribution is 0.329. The van der Waals surface area contributed by atoms with E-state index in [-0.39, 0.29) is 18.0 Å². The minimum absolute atomic E-state index is 0.163. The number of anilines is 1. The Morgan fingerprint density at radius 3 is 2.71 bits per heavy atom. The average molecular weight is 197 g/mol. The molecule has 1 aromatic carbocycles. The Kier molecular flexibility index (Phi) is 3.44. The van der Waals surface area contributed by atoms with Gasteiger partial charge < -0.3 is 10.8 Å². The predicted octanol–water partition coefficient (Wildman–Crippen LogP) is 0.298. The maximum absolute atomic E-state index is 13.1. The van der Waals surface area contributed by atoms with Crippen LogP contribution in [0.1, 0.15) is 0 Å². The molecule has 0 spiro atoms. The van der Waals surface area contributed by atoms with Crippen LogP contribution in [0.3, 0.4) is 0 Å². The van der Waals surface area contributed by atoms with Gasteiger partial charge in [-0.05, 0) is 12.1 Å². The standard InChI is InChI=1S/C9H12FN3O/c10-8-3-1-2-4-9(8)13(12)5-7(11)6-14/h1-5,14H,6,11-12H2/b7-5-. The van der Waals surface area contributed by atoms with E-state index in [2.05, 4.69) is 0 Å². The number of hydrazine groups is 1. The van der Waals surface area contributed by atoms with Gasteiger partial charge in [-0.25, -0.2) is 10.2 Å². The van der Waals surface area contributed by atoms with Crippen LogP contribution >= 0.6 is 0 Å². The fraction of sp³-hybridized carbons (Fsp3) is 0.111. The van der Waals surface area contributed by atoms with E-state index in [1.54, 1.807) is 12.1 Å². The number of para-hydroxylation sites is 1. The average Bonchev–Trinajstić information content (AvgIpc) is 2.18. The minimum Gasteiger partial charge on any atom is -0.399 e. The van der Waals surface area contributed by atoms with Gasteiger partial charge in [-0.15, -0.1) is 0 Å². The van der Waals surface area contributed by atoms with Crippen molar-refractivity contribution in [2.45, 2.75) is 0 Å². The van der Waals surface area contributed by atoms with Crippen molar-refractivity contribution in [1.82, 2.24) is 0 Å². The van der Waals surface area contributed by atoms with Crippen LogP contribution in [0, 0.1) is 5.82 Å². The largest absolute Gasteiger partial charge is 0.399 e. The van der Waals surface area contributed by atoms with Gasteiger partial charge in [0.2, 0.25) is 0 Å². The van der Waals surface area contributed by atoms with Crippen LogP contribution in [-0.2, 0) is 0 Å². The smallest absolute Gasteiger partial charge is 0.148 e. The van der Waals surface area contributed by atoms with Crippen molar-refractivity contribution in [3.8, 4) is 0 Å². The monoisotopic (exact) mass is 197 g/mol. The third kappa shape index (κ3) is 2.45. The first kappa shape index (κ1) is 10.5. The molecule has 0 radical (unpaired) electrons. The molecule has 5 N–H and O–H groups in total. The van der Waals surface area contributed by atoms with Crippen molar-refractivity contribution in [3.63, 3.8) is 0 Å². The number of nitrogens with two attached hydrogens (primary N) is 2. The molecule has 5 heteroatoms. The fourth-order valence-corrected chi connectivity index (χ4v) is 0.950. The van der Waals surface area contributed by atoms with Crippen molar-refractivity contribution in [2.24, 2.45) is 11.6 Å². The number of halogens is 1. The summed E-state index contributed by atoms with van der Waals surface area (Å²) in [6.07, 6.45) is 1.26. The lowest BCUT2D eigenvalue weighted by atomic mass is 10.3. The summed E-state index contributed by atoms with van der Waals surface area (Å²) in [5.41, 5.74) is 5.69. The highest BCUT2D eigenvalue weighted by Crippen LogP contribution is 2.15. The summed E-state index contributed by atoms with van der Waals surface area (Å²) in [6.45, 7) is -0.317. The number of rotatable bonds is 3. The number of aliphatic hydroxyl groups is 1. The van der Waals surface area contributed by atoms with Crippen LogP contribution < -0.4 is 16.6 Å². The van der Waals surface area contributed by atoms with E-state index in [0.29, 0.717) is 0 Å². The number of benzene rings is 1. The van der Waals surface area contributed by atoms with E-state index in [4.69, 9.17) is 16.7 Å². The highest BCUT2D eigenvalue weighted by atomic mass is 19.1. The Labute approximate surface area is 81.2 Å². The maximum atomic E-state index is 13.1. The molecule has 0 aliphatic heterocycles. The van der Waals surface area contributed by atoms with Crippen molar-refractivity contribution < 1.29 is 9.50 Å². The first-order chi connectivity index (χ1) is 6.65. The number of hydrogen-bond donors (Lipinski definition) is 3. The van der Waals surface area contributed by atoms with E-state index < -0.39 is 5.82 Å². The normalized spacial score (nSPS) is 11.5. The molecule has 0 aliphatic carbocycles. The van der Waals surface area contributed by atoms with Crippen LogP contribution in [0.15, 0.2) is 36.2 Å². The van der Waals surface area contributed by atoms with E-state index in [1.807, 2.05) is 0 Å². The first-order valence-electron chi connectivity index (χ1n) is 4.00. The highest BCUT2D eigenvalue weighted by molar-refractivity contribution is 5.48. The van der Waals surface area contributed by atoms with E-state index in [1.165, 1.54) is 18.3 Å². The molecule has 1 rings (SSSR count). The Hall–Kier alpha value is -1.59. The minimum atomic E-state index is -0.447. The molecule has 0 aromatic heterocycles. The summed E-state index contributed by atoms with van der Waals surface area (Å²) < 4.78 is 13.1. The Balaban J connectivity index is 2.90. The van der Waals surface area contributed by atoms with Crippen molar-refractivity contribution in [2.75, 3.05) is 11.6 Å². The Bertz CT molecular complexity index is 341. The number of aliphatic hydroxyl groups excluding tert-OH is 1. The van der Waals surface area contributed by atoms with Crippen molar-refractivity contribution in [3.05, 3.63) is 42.0 Å². The second kappa shape index (κ2) is 4.59. The van der Waals surface area contributed by atoms with Gasteiger partial charge in [0.15, 0.2) is 0 Å². The summed E-state index contributed by atoms with van der Waals surface area (Å²) in [5.74, 6) is 5.05. The molecule has 0 amide bonds. The van der Waals surface area contributed by atoms with Crippen LogP contribution in [0.2, 0.25) is 0 Å². The van der Waals surface area contributed by atoms with E-state index >= 15 is 0 Å². The van der Waals surface area contributed by atoms with Crippen molar-refractivity contribution in [1.29, 1.82) is 0 Å². The zero-order valence-corrected chi connectivity index (χ0v) is 7.52. The van der Waals surface area contributed by atoms with Gasteiger partial charge in [-0.3, -0.25) is 5.01 Å². The molecule has 0 heterocycles. The predicted molar refractivity (Wildman–Crippen MR) is 52.4 cm³/mol. The zero-order chi connectivity index (χ0) is 10.6. The second-order valence-electron chi connectivity index (χ2n) is 2.72. The molecular formula is C9H12FN3O. The summed E-state index contributed by atoms with van der Waals surface area (Å²) in [7, 11) is 0. The van der Waals surface area contributed by atoms with Crippen LogP contribution in [0.4, 0.5) is 10.1 Å². The summed E-state index contributed by atoms with van der Waals surface area (Å²) >= 11 is 0. The fourth-order valence-electron chi connectivity index (χ4n) is 0.950. The SMILES string of the molecule is N/C(=C\N(N)c1ccccc1F)CO. The molecule has 4 nitrogen and oxygen atoms in total. The third-order valence-electron chi connectivity index (χ3n) is 1.62.